The highest BCUT2D eigenvalue weighted by Crippen LogP contribution is 2.25. The minimum atomic E-state index is -3.65. The summed E-state index contributed by atoms with van der Waals surface area (Å²) in [5, 5.41) is 0. The third kappa shape index (κ3) is 3.17. The predicted molar refractivity (Wildman–Crippen MR) is 64.3 cm³/mol. The van der Waals surface area contributed by atoms with Crippen LogP contribution in [0.1, 0.15) is 6.42 Å². The molecule has 8 heteroatoms. The van der Waals surface area contributed by atoms with E-state index in [1.165, 1.54) is 23.1 Å². The van der Waals surface area contributed by atoms with E-state index in [-0.39, 0.29) is 36.4 Å². The lowest BCUT2D eigenvalue weighted by atomic mass is 10.1. The maximum Gasteiger partial charge on any atom is 0.232 e. The second-order valence-electron chi connectivity index (χ2n) is 4.10. The Balaban J connectivity index is 2.15. The molecule has 0 radical (unpaired) electrons. The molecule has 1 saturated heterocycles. The fourth-order valence-corrected chi connectivity index (χ4v) is 3.26. The summed E-state index contributed by atoms with van der Waals surface area (Å²) in [6, 6.07) is 4.11. The fourth-order valence-electron chi connectivity index (χ4n) is 1.94. The number of hydrogen-bond acceptors (Lipinski definition) is 4. The Kier molecular flexibility index (Phi) is 3.54. The first-order valence-corrected chi connectivity index (χ1v) is 7.68. The lowest BCUT2D eigenvalue weighted by Crippen LogP contribution is -2.26. The number of halogens is 2. The van der Waals surface area contributed by atoms with Crippen molar-refractivity contribution < 1.29 is 17.6 Å². The second kappa shape index (κ2) is 4.81. The van der Waals surface area contributed by atoms with Gasteiger partial charge in [-0.3, -0.25) is 9.69 Å². The Labute approximate surface area is 108 Å². The number of aromatic nitrogens is 1. The summed E-state index contributed by atoms with van der Waals surface area (Å²) < 4.78 is 34.9. The van der Waals surface area contributed by atoms with Gasteiger partial charge in [-0.25, -0.2) is 13.4 Å². The van der Waals surface area contributed by atoms with E-state index < -0.39 is 15.0 Å². The Morgan fingerprint density at radius 2 is 2.22 bits per heavy atom. The van der Waals surface area contributed by atoms with Crippen LogP contribution in [-0.2, 0) is 13.8 Å². The Morgan fingerprint density at radius 3 is 2.83 bits per heavy atom. The minimum Gasteiger partial charge on any atom is -0.296 e. The molecule has 0 bridgehead atoms. The van der Waals surface area contributed by atoms with Gasteiger partial charge < -0.3 is 0 Å². The molecule has 1 aliphatic rings. The summed E-state index contributed by atoms with van der Waals surface area (Å²) in [5.74, 6) is -1.43. The summed E-state index contributed by atoms with van der Waals surface area (Å²) >= 11 is 0. The van der Waals surface area contributed by atoms with Crippen molar-refractivity contribution in [3.8, 4) is 0 Å². The third-order valence-electron chi connectivity index (χ3n) is 2.62. The van der Waals surface area contributed by atoms with Gasteiger partial charge in [0, 0.05) is 29.6 Å². The Morgan fingerprint density at radius 1 is 1.50 bits per heavy atom. The summed E-state index contributed by atoms with van der Waals surface area (Å²) in [6.45, 7) is 0.182. The van der Waals surface area contributed by atoms with Gasteiger partial charge in [0.25, 0.3) is 0 Å². The van der Waals surface area contributed by atoms with Gasteiger partial charge in [-0.15, -0.1) is 0 Å². The molecule has 0 aliphatic carbocycles. The maximum absolute atomic E-state index is 12.9. The topological polar surface area (TPSA) is 67.3 Å². The Bertz CT molecular complexity index is 578. The van der Waals surface area contributed by atoms with Crippen LogP contribution in [0.3, 0.4) is 0 Å². The van der Waals surface area contributed by atoms with Gasteiger partial charge in [0.1, 0.15) is 5.82 Å². The summed E-state index contributed by atoms with van der Waals surface area (Å²) in [4.78, 5) is 16.6. The van der Waals surface area contributed by atoms with Gasteiger partial charge in [0.2, 0.25) is 20.9 Å². The molecule has 0 saturated carbocycles. The first-order valence-electron chi connectivity index (χ1n) is 5.20. The maximum atomic E-state index is 12.9. The molecule has 2 heterocycles. The average molecular weight is 293 g/mol. The SMILES string of the molecule is O=C1CC(CS(=O)(=O)Cl)CN1c1cccc(F)n1. The number of amides is 1. The molecular formula is C10H10ClFN2O3S. The molecule has 5 nitrogen and oxygen atoms in total. The van der Waals surface area contributed by atoms with Crippen LogP contribution in [0.2, 0.25) is 0 Å². The van der Waals surface area contributed by atoms with E-state index in [1.807, 2.05) is 0 Å². The monoisotopic (exact) mass is 292 g/mol. The van der Waals surface area contributed by atoms with E-state index >= 15 is 0 Å². The highest BCUT2D eigenvalue weighted by molar-refractivity contribution is 8.13. The van der Waals surface area contributed by atoms with E-state index in [4.69, 9.17) is 10.7 Å². The smallest absolute Gasteiger partial charge is 0.232 e. The molecule has 0 N–H and O–H groups in total. The molecular weight excluding hydrogens is 283 g/mol. The van der Waals surface area contributed by atoms with E-state index in [0.29, 0.717) is 0 Å². The van der Waals surface area contributed by atoms with Crippen LogP contribution in [0.25, 0.3) is 0 Å². The van der Waals surface area contributed by atoms with Crippen LogP contribution in [0, 0.1) is 11.9 Å². The normalized spacial score (nSPS) is 20.4. The summed E-state index contributed by atoms with van der Waals surface area (Å²) in [6.07, 6.45) is 0.0736. The Hall–Kier alpha value is -1.21. The zero-order chi connectivity index (χ0) is 13.3. The van der Waals surface area contributed by atoms with E-state index in [1.54, 1.807) is 0 Å². The van der Waals surface area contributed by atoms with Crippen molar-refractivity contribution in [1.29, 1.82) is 0 Å². The van der Waals surface area contributed by atoms with Crippen molar-refractivity contribution in [3.63, 3.8) is 0 Å². The number of pyridine rings is 1. The standard InChI is InChI=1S/C10H10ClFN2O3S/c11-18(16,17)6-7-4-10(15)14(5-7)9-3-1-2-8(12)13-9/h1-3,7H,4-6H2. The van der Waals surface area contributed by atoms with Crippen LogP contribution >= 0.6 is 10.7 Å². The predicted octanol–water partition coefficient (Wildman–Crippen LogP) is 1.14. The van der Waals surface area contributed by atoms with Crippen molar-refractivity contribution in [3.05, 3.63) is 24.1 Å². The number of rotatable bonds is 3. The van der Waals surface area contributed by atoms with Crippen molar-refractivity contribution in [2.45, 2.75) is 6.42 Å². The molecule has 1 amide bonds. The van der Waals surface area contributed by atoms with Gasteiger partial charge >= 0.3 is 0 Å². The van der Waals surface area contributed by atoms with E-state index in [2.05, 4.69) is 4.98 Å². The van der Waals surface area contributed by atoms with E-state index in [9.17, 15) is 17.6 Å². The molecule has 1 atom stereocenters. The molecule has 2 rings (SSSR count). The highest BCUT2D eigenvalue weighted by atomic mass is 35.7. The molecule has 1 fully saturated rings. The number of carbonyl (C=O) groups is 1. The van der Waals surface area contributed by atoms with Gasteiger partial charge in [0.15, 0.2) is 0 Å². The summed E-state index contributed by atoms with van der Waals surface area (Å²) in [5.41, 5.74) is 0. The molecule has 1 aromatic rings. The van der Waals surface area contributed by atoms with Crippen LogP contribution in [0.4, 0.5) is 10.2 Å². The zero-order valence-electron chi connectivity index (χ0n) is 9.21. The molecule has 98 valence electrons. The minimum absolute atomic E-state index is 0.0736. The van der Waals surface area contributed by atoms with Crippen LogP contribution in [0.5, 0.6) is 0 Å². The van der Waals surface area contributed by atoms with Gasteiger partial charge in [-0.05, 0) is 12.1 Å². The molecule has 0 spiro atoms. The number of hydrogen-bond donors (Lipinski definition) is 0. The van der Waals surface area contributed by atoms with Gasteiger partial charge in [0.05, 0.1) is 5.75 Å². The fraction of sp³-hybridized carbons (Fsp3) is 0.400. The molecule has 1 aliphatic heterocycles. The number of nitrogens with zero attached hydrogens (tertiary/aromatic N) is 2. The molecule has 1 unspecified atom stereocenters. The zero-order valence-corrected chi connectivity index (χ0v) is 10.8. The quantitative estimate of drug-likeness (QED) is 0.619. The van der Waals surface area contributed by atoms with Gasteiger partial charge in [-0.1, -0.05) is 6.07 Å². The van der Waals surface area contributed by atoms with Crippen molar-refractivity contribution in [2.75, 3.05) is 17.2 Å². The molecule has 18 heavy (non-hydrogen) atoms. The second-order valence-corrected chi connectivity index (χ2v) is 6.92. The van der Waals surface area contributed by atoms with Crippen LogP contribution in [0.15, 0.2) is 18.2 Å². The largest absolute Gasteiger partial charge is 0.296 e. The summed E-state index contributed by atoms with van der Waals surface area (Å²) in [7, 11) is 1.50. The number of anilines is 1. The number of carbonyl (C=O) groups excluding carboxylic acids is 1. The third-order valence-corrected chi connectivity index (χ3v) is 3.86. The highest BCUT2D eigenvalue weighted by Gasteiger charge is 2.33. The van der Waals surface area contributed by atoms with Crippen LogP contribution in [-0.4, -0.2) is 31.6 Å². The van der Waals surface area contributed by atoms with Crippen LogP contribution < -0.4 is 4.90 Å². The van der Waals surface area contributed by atoms with Gasteiger partial charge in [-0.2, -0.15) is 4.39 Å². The first kappa shape index (κ1) is 13.2. The average Bonchev–Trinajstić information content (AvgIpc) is 2.56. The van der Waals surface area contributed by atoms with Crippen molar-refractivity contribution in [2.24, 2.45) is 5.92 Å². The van der Waals surface area contributed by atoms with E-state index in [0.717, 1.165) is 0 Å². The van der Waals surface area contributed by atoms with Crippen molar-refractivity contribution in [1.82, 2.24) is 4.98 Å². The first-order chi connectivity index (χ1) is 8.35. The molecule has 1 aromatic heterocycles. The van der Waals surface area contributed by atoms with Crippen molar-refractivity contribution >= 4 is 31.5 Å². The lowest BCUT2D eigenvalue weighted by Gasteiger charge is -2.14. The molecule has 0 aromatic carbocycles. The lowest BCUT2D eigenvalue weighted by molar-refractivity contribution is -0.117.